The molecule has 0 aliphatic carbocycles. The number of pyridine rings is 1. The van der Waals surface area contributed by atoms with Crippen LogP contribution >= 0.6 is 0 Å². The van der Waals surface area contributed by atoms with Crippen LogP contribution in [0.15, 0.2) is 30.3 Å². The molecule has 0 bridgehead atoms. The topological polar surface area (TPSA) is 112 Å². The zero-order valence-electron chi connectivity index (χ0n) is 13.0. The summed E-state index contributed by atoms with van der Waals surface area (Å²) in [5.74, 6) is 0.165. The number of primary amides is 1. The number of benzene rings is 1. The van der Waals surface area contributed by atoms with Gasteiger partial charge in [0.25, 0.3) is 0 Å². The van der Waals surface area contributed by atoms with Crippen LogP contribution in [0.5, 0.6) is 5.75 Å². The highest BCUT2D eigenvalue weighted by Crippen LogP contribution is 2.18. The van der Waals surface area contributed by atoms with Crippen LogP contribution in [0, 0.1) is 25.2 Å². The molecule has 1 aromatic heterocycles. The van der Waals surface area contributed by atoms with Crippen LogP contribution in [-0.2, 0) is 11.2 Å². The number of nitrogens with two attached hydrogens (primary N) is 1. The van der Waals surface area contributed by atoms with Crippen molar-refractivity contribution in [2.24, 2.45) is 5.73 Å². The predicted molar refractivity (Wildman–Crippen MR) is 86.8 cm³/mol. The summed E-state index contributed by atoms with van der Waals surface area (Å²) in [5, 5.41) is 21.4. The molecule has 2 rings (SSSR count). The van der Waals surface area contributed by atoms with E-state index in [0.717, 1.165) is 11.1 Å². The van der Waals surface area contributed by atoms with Crippen LogP contribution in [0.3, 0.4) is 0 Å². The quantitative estimate of drug-likeness (QED) is 0.779. The van der Waals surface area contributed by atoms with Gasteiger partial charge < -0.3 is 16.2 Å². The van der Waals surface area contributed by atoms with Crippen LogP contribution < -0.4 is 11.1 Å². The first kappa shape index (κ1) is 16.3. The monoisotopic (exact) mass is 310 g/mol. The molecule has 1 heterocycles. The first-order valence-electron chi connectivity index (χ1n) is 7.13. The van der Waals surface area contributed by atoms with Crippen molar-refractivity contribution in [2.75, 3.05) is 5.32 Å². The van der Waals surface area contributed by atoms with Crippen molar-refractivity contribution in [3.8, 4) is 11.8 Å². The van der Waals surface area contributed by atoms with Gasteiger partial charge in [-0.2, -0.15) is 5.26 Å². The molecule has 0 aliphatic heterocycles. The van der Waals surface area contributed by atoms with E-state index in [4.69, 9.17) is 11.0 Å². The van der Waals surface area contributed by atoms with Crippen molar-refractivity contribution in [3.05, 3.63) is 52.7 Å². The zero-order chi connectivity index (χ0) is 17.0. The Morgan fingerprint density at radius 3 is 2.57 bits per heavy atom. The fraction of sp³-hybridized carbons (Fsp3) is 0.235. The van der Waals surface area contributed by atoms with E-state index in [1.807, 2.05) is 6.92 Å². The lowest BCUT2D eigenvalue weighted by Crippen LogP contribution is -2.37. The Morgan fingerprint density at radius 2 is 2.04 bits per heavy atom. The number of aromatic hydroxyl groups is 1. The van der Waals surface area contributed by atoms with Gasteiger partial charge in [-0.25, -0.2) is 4.98 Å². The fourth-order valence-corrected chi connectivity index (χ4v) is 2.34. The Kier molecular flexibility index (Phi) is 4.82. The van der Waals surface area contributed by atoms with Gasteiger partial charge in [0.15, 0.2) is 0 Å². The number of nitrogens with zero attached hydrogens (tertiary/aromatic N) is 2. The second kappa shape index (κ2) is 6.79. The number of anilines is 1. The van der Waals surface area contributed by atoms with Crippen LogP contribution in [-0.4, -0.2) is 22.0 Å². The van der Waals surface area contributed by atoms with Crippen LogP contribution in [0.4, 0.5) is 5.82 Å². The molecule has 0 unspecified atom stereocenters. The van der Waals surface area contributed by atoms with Gasteiger partial charge in [0.1, 0.15) is 23.7 Å². The SMILES string of the molecule is Cc1cc(N[C@@H](Cc2ccc(O)cc2)C(N)=O)nc(C)c1C#N. The first-order chi connectivity index (χ1) is 10.9. The number of phenols is 1. The van der Waals surface area contributed by atoms with Crippen molar-refractivity contribution in [3.63, 3.8) is 0 Å². The molecule has 1 atom stereocenters. The van der Waals surface area contributed by atoms with Crippen molar-refractivity contribution in [1.82, 2.24) is 4.98 Å². The first-order valence-corrected chi connectivity index (χ1v) is 7.13. The molecule has 0 spiro atoms. The number of aryl methyl sites for hydroxylation is 2. The number of hydrogen-bond acceptors (Lipinski definition) is 5. The predicted octanol–water partition coefficient (Wildman–Crippen LogP) is 1.78. The van der Waals surface area contributed by atoms with E-state index in [0.29, 0.717) is 23.5 Å². The summed E-state index contributed by atoms with van der Waals surface area (Å²) in [7, 11) is 0. The van der Waals surface area contributed by atoms with Crippen molar-refractivity contribution >= 4 is 11.7 Å². The molecule has 0 saturated carbocycles. The Morgan fingerprint density at radius 1 is 1.39 bits per heavy atom. The number of hydrogen-bond donors (Lipinski definition) is 3. The van der Waals surface area contributed by atoms with E-state index in [2.05, 4.69) is 16.4 Å². The highest BCUT2D eigenvalue weighted by atomic mass is 16.3. The van der Waals surface area contributed by atoms with E-state index in [1.54, 1.807) is 37.3 Å². The summed E-state index contributed by atoms with van der Waals surface area (Å²) in [6.45, 7) is 3.56. The molecule has 118 valence electrons. The standard InChI is InChI=1S/C17H18N4O2/c1-10-7-16(20-11(2)14(10)9-18)21-15(17(19)23)8-12-3-5-13(22)6-4-12/h3-7,15,22H,8H2,1-2H3,(H2,19,23)(H,20,21)/t15-/m0/s1. The Hall–Kier alpha value is -3.07. The van der Waals surface area contributed by atoms with Gasteiger partial charge >= 0.3 is 0 Å². The van der Waals surface area contributed by atoms with E-state index in [1.165, 1.54) is 0 Å². The summed E-state index contributed by atoms with van der Waals surface area (Å²) >= 11 is 0. The minimum atomic E-state index is -0.640. The molecule has 23 heavy (non-hydrogen) atoms. The lowest BCUT2D eigenvalue weighted by molar-refractivity contribution is -0.118. The van der Waals surface area contributed by atoms with E-state index in [-0.39, 0.29) is 5.75 Å². The number of amides is 1. The smallest absolute Gasteiger partial charge is 0.240 e. The molecule has 6 heteroatoms. The van der Waals surface area contributed by atoms with Crippen LogP contribution in [0.25, 0.3) is 0 Å². The molecule has 0 fully saturated rings. The lowest BCUT2D eigenvalue weighted by atomic mass is 10.0. The van der Waals surface area contributed by atoms with Crippen LogP contribution in [0.2, 0.25) is 0 Å². The Labute approximate surface area is 134 Å². The van der Waals surface area contributed by atoms with Gasteiger partial charge in [0.05, 0.1) is 11.3 Å². The molecular weight excluding hydrogens is 292 g/mol. The highest BCUT2D eigenvalue weighted by Gasteiger charge is 2.17. The lowest BCUT2D eigenvalue weighted by Gasteiger charge is -2.17. The third-order valence-corrected chi connectivity index (χ3v) is 3.55. The number of nitrogens with one attached hydrogen (secondary N) is 1. The zero-order valence-corrected chi connectivity index (χ0v) is 13.0. The molecule has 2 aromatic rings. The number of phenolic OH excluding ortho intramolecular Hbond substituents is 1. The van der Waals surface area contributed by atoms with Gasteiger partial charge in [-0.3, -0.25) is 4.79 Å². The summed E-state index contributed by atoms with van der Waals surface area (Å²) in [6, 6.07) is 9.76. The minimum absolute atomic E-state index is 0.164. The highest BCUT2D eigenvalue weighted by molar-refractivity contribution is 5.83. The fourth-order valence-electron chi connectivity index (χ4n) is 2.34. The number of nitriles is 1. The number of carbonyl (C=O) groups is 1. The van der Waals surface area contributed by atoms with E-state index >= 15 is 0 Å². The second-order valence-corrected chi connectivity index (χ2v) is 5.37. The van der Waals surface area contributed by atoms with Gasteiger partial charge in [0.2, 0.25) is 5.91 Å². The maximum absolute atomic E-state index is 11.7. The molecular formula is C17H18N4O2. The molecule has 0 saturated heterocycles. The summed E-state index contributed by atoms with van der Waals surface area (Å²) in [5.41, 5.74) is 8.25. The van der Waals surface area contributed by atoms with Crippen molar-refractivity contribution in [2.45, 2.75) is 26.3 Å². The normalized spacial score (nSPS) is 11.5. The van der Waals surface area contributed by atoms with Gasteiger partial charge in [-0.1, -0.05) is 12.1 Å². The molecule has 6 nitrogen and oxygen atoms in total. The Balaban J connectivity index is 2.22. The Bertz CT molecular complexity index is 740. The number of rotatable bonds is 5. The number of aromatic nitrogens is 1. The third-order valence-electron chi connectivity index (χ3n) is 3.55. The summed E-state index contributed by atoms with van der Waals surface area (Å²) < 4.78 is 0. The van der Waals surface area contributed by atoms with Crippen molar-refractivity contribution in [1.29, 1.82) is 5.26 Å². The average Bonchev–Trinajstić information content (AvgIpc) is 2.48. The van der Waals surface area contributed by atoms with E-state index in [9.17, 15) is 9.90 Å². The minimum Gasteiger partial charge on any atom is -0.508 e. The third kappa shape index (κ3) is 3.98. The van der Waals surface area contributed by atoms with Crippen LogP contribution in [0.1, 0.15) is 22.4 Å². The molecule has 0 radical (unpaired) electrons. The van der Waals surface area contributed by atoms with E-state index < -0.39 is 11.9 Å². The molecule has 1 aromatic carbocycles. The molecule has 0 aliphatic rings. The average molecular weight is 310 g/mol. The second-order valence-electron chi connectivity index (χ2n) is 5.37. The molecule has 4 N–H and O–H groups in total. The molecule has 1 amide bonds. The largest absolute Gasteiger partial charge is 0.508 e. The maximum Gasteiger partial charge on any atom is 0.240 e. The van der Waals surface area contributed by atoms with Gasteiger partial charge in [-0.05, 0) is 43.2 Å². The summed E-state index contributed by atoms with van der Waals surface area (Å²) in [6.07, 6.45) is 0.370. The van der Waals surface area contributed by atoms with Gasteiger partial charge in [-0.15, -0.1) is 0 Å². The van der Waals surface area contributed by atoms with Gasteiger partial charge in [0, 0.05) is 6.42 Å². The van der Waals surface area contributed by atoms with Crippen molar-refractivity contribution < 1.29 is 9.90 Å². The number of carbonyl (C=O) groups excluding carboxylic acids is 1. The summed E-state index contributed by atoms with van der Waals surface area (Å²) in [4.78, 5) is 16.0. The maximum atomic E-state index is 11.7.